The van der Waals surface area contributed by atoms with E-state index in [0.717, 1.165) is 29.9 Å². The lowest BCUT2D eigenvalue weighted by Gasteiger charge is -2.18. The Hall–Kier alpha value is -2.69. The van der Waals surface area contributed by atoms with Gasteiger partial charge in [0.1, 0.15) is 22.2 Å². The predicted octanol–water partition coefficient (Wildman–Crippen LogP) is 4.07. The van der Waals surface area contributed by atoms with Crippen LogP contribution in [-0.4, -0.2) is 43.8 Å². The van der Waals surface area contributed by atoms with Gasteiger partial charge in [0.05, 0.1) is 12.8 Å². The average Bonchev–Trinajstić information content (AvgIpc) is 3.49. The highest BCUT2D eigenvalue weighted by Gasteiger charge is 2.30. The first-order valence-electron chi connectivity index (χ1n) is 9.82. The molecule has 0 spiro atoms. The van der Waals surface area contributed by atoms with Crippen molar-refractivity contribution in [3.63, 3.8) is 0 Å². The highest BCUT2D eigenvalue weighted by molar-refractivity contribution is 7.89. The number of anilines is 1. The lowest BCUT2D eigenvalue weighted by Crippen LogP contribution is -2.28. The molecule has 1 N–H and O–H groups in total. The molecule has 1 saturated heterocycles. The number of rotatable bonds is 6. The van der Waals surface area contributed by atoms with E-state index in [1.165, 1.54) is 41.0 Å². The number of aryl methyl sites for hydroxylation is 2. The van der Waals surface area contributed by atoms with Crippen molar-refractivity contribution >= 4 is 32.4 Å². The molecule has 0 radical (unpaired) electrons. The van der Waals surface area contributed by atoms with E-state index < -0.39 is 15.9 Å². The summed E-state index contributed by atoms with van der Waals surface area (Å²) >= 11 is 1.29. The topological polar surface area (TPSA) is 102 Å². The molecular formula is C21H23N3O5S2. The largest absolute Gasteiger partial charge is 0.495 e. The van der Waals surface area contributed by atoms with Gasteiger partial charge in [-0.1, -0.05) is 0 Å². The Bertz CT molecular complexity index is 1220. The summed E-state index contributed by atoms with van der Waals surface area (Å²) in [5, 5.41) is 5.00. The van der Waals surface area contributed by atoms with Crippen molar-refractivity contribution in [1.29, 1.82) is 0 Å². The zero-order chi connectivity index (χ0) is 22.2. The first-order chi connectivity index (χ1) is 14.8. The average molecular weight is 462 g/mol. The van der Waals surface area contributed by atoms with Crippen LogP contribution in [0.2, 0.25) is 0 Å². The van der Waals surface area contributed by atoms with E-state index in [1.54, 1.807) is 0 Å². The highest BCUT2D eigenvalue weighted by Crippen LogP contribution is 2.32. The van der Waals surface area contributed by atoms with Gasteiger partial charge in [-0.3, -0.25) is 10.1 Å². The van der Waals surface area contributed by atoms with E-state index in [2.05, 4.69) is 10.3 Å². The van der Waals surface area contributed by atoms with Gasteiger partial charge in [0.25, 0.3) is 5.91 Å². The molecule has 0 aliphatic carbocycles. The molecule has 1 aliphatic heterocycles. The number of hydrogen-bond acceptors (Lipinski definition) is 7. The molecule has 1 aliphatic rings. The number of furan rings is 1. The maximum absolute atomic E-state index is 13.0. The summed E-state index contributed by atoms with van der Waals surface area (Å²) in [6, 6.07) is 6.30. The van der Waals surface area contributed by atoms with E-state index in [9.17, 15) is 13.2 Å². The van der Waals surface area contributed by atoms with Crippen molar-refractivity contribution in [3.8, 4) is 17.0 Å². The molecule has 2 aromatic heterocycles. The Morgan fingerprint density at radius 3 is 2.61 bits per heavy atom. The van der Waals surface area contributed by atoms with Crippen LogP contribution >= 0.6 is 11.3 Å². The second-order valence-corrected chi connectivity index (χ2v) is 10.1. The maximum Gasteiger partial charge on any atom is 0.257 e. The van der Waals surface area contributed by atoms with E-state index in [-0.39, 0.29) is 16.2 Å². The minimum Gasteiger partial charge on any atom is -0.495 e. The number of aromatic nitrogens is 1. The standard InChI is InChI=1S/C21H23N3O5S2/c1-13-10-16(14(2)29-13)17-12-30-21(22-17)23-20(25)15-6-7-18(28-3)19(11-15)31(26,27)24-8-4-5-9-24/h6-7,10-12H,4-5,8-9H2,1-3H3,(H,22,23,25). The molecule has 3 heterocycles. The Labute approximate surface area is 184 Å². The number of nitrogens with zero attached hydrogens (tertiary/aromatic N) is 2. The highest BCUT2D eigenvalue weighted by atomic mass is 32.2. The molecule has 1 aromatic carbocycles. The van der Waals surface area contributed by atoms with Crippen LogP contribution in [0.25, 0.3) is 11.3 Å². The van der Waals surface area contributed by atoms with E-state index in [4.69, 9.17) is 9.15 Å². The van der Waals surface area contributed by atoms with E-state index >= 15 is 0 Å². The SMILES string of the molecule is COc1ccc(C(=O)Nc2nc(-c3cc(C)oc3C)cs2)cc1S(=O)(=O)N1CCCC1. The summed E-state index contributed by atoms with van der Waals surface area (Å²) in [6.45, 7) is 4.66. The number of hydrogen-bond donors (Lipinski definition) is 1. The number of methoxy groups -OCH3 is 1. The normalized spacial score (nSPS) is 14.7. The fourth-order valence-electron chi connectivity index (χ4n) is 3.60. The molecule has 10 heteroatoms. The van der Waals surface area contributed by atoms with Crippen molar-refractivity contribution in [3.05, 3.63) is 46.7 Å². The summed E-state index contributed by atoms with van der Waals surface area (Å²) in [5.41, 5.74) is 1.80. The molecule has 8 nitrogen and oxygen atoms in total. The minimum atomic E-state index is -3.74. The van der Waals surface area contributed by atoms with Crippen molar-refractivity contribution < 1.29 is 22.4 Å². The third-order valence-electron chi connectivity index (χ3n) is 5.15. The summed E-state index contributed by atoms with van der Waals surface area (Å²) in [5.74, 6) is 1.32. The number of amides is 1. The number of sulfonamides is 1. The monoisotopic (exact) mass is 461 g/mol. The molecule has 0 bridgehead atoms. The summed E-state index contributed by atoms with van der Waals surface area (Å²) in [6.07, 6.45) is 1.65. The zero-order valence-corrected chi connectivity index (χ0v) is 19.1. The number of benzene rings is 1. The molecule has 0 saturated carbocycles. The van der Waals surface area contributed by atoms with Crippen LogP contribution in [-0.2, 0) is 10.0 Å². The van der Waals surface area contributed by atoms with Crippen LogP contribution in [0, 0.1) is 13.8 Å². The Morgan fingerprint density at radius 1 is 1.23 bits per heavy atom. The van der Waals surface area contributed by atoms with Gasteiger partial charge in [-0.05, 0) is 51.0 Å². The Morgan fingerprint density at radius 2 is 1.97 bits per heavy atom. The molecule has 1 amide bonds. The van der Waals surface area contributed by atoms with Crippen LogP contribution in [0.4, 0.5) is 5.13 Å². The fraction of sp³-hybridized carbons (Fsp3) is 0.333. The molecule has 0 unspecified atom stereocenters. The van der Waals surface area contributed by atoms with Crippen LogP contribution in [0.5, 0.6) is 5.75 Å². The summed E-state index contributed by atoms with van der Waals surface area (Å²) < 4.78 is 38.3. The molecule has 164 valence electrons. The van der Waals surface area contributed by atoms with Crippen molar-refractivity contribution in [2.45, 2.75) is 31.6 Å². The number of thiazole rings is 1. The first-order valence-corrected chi connectivity index (χ1v) is 12.1. The number of carbonyl (C=O) groups is 1. The smallest absolute Gasteiger partial charge is 0.257 e. The van der Waals surface area contributed by atoms with Gasteiger partial charge in [-0.25, -0.2) is 13.4 Å². The second-order valence-electron chi connectivity index (χ2n) is 7.30. The zero-order valence-electron chi connectivity index (χ0n) is 17.5. The Balaban J connectivity index is 1.59. The van der Waals surface area contributed by atoms with Gasteiger partial charge in [-0.2, -0.15) is 4.31 Å². The van der Waals surface area contributed by atoms with Crippen LogP contribution in [0.15, 0.2) is 39.0 Å². The van der Waals surface area contributed by atoms with Crippen molar-refractivity contribution in [2.24, 2.45) is 0 Å². The molecule has 4 rings (SSSR count). The third kappa shape index (κ3) is 4.23. The van der Waals surface area contributed by atoms with Gasteiger partial charge < -0.3 is 9.15 Å². The molecule has 3 aromatic rings. The van der Waals surface area contributed by atoms with Gasteiger partial charge in [0.2, 0.25) is 10.0 Å². The van der Waals surface area contributed by atoms with Gasteiger partial charge >= 0.3 is 0 Å². The lowest BCUT2D eigenvalue weighted by molar-refractivity contribution is 0.102. The quantitative estimate of drug-likeness (QED) is 0.594. The molecule has 0 atom stereocenters. The molecular weight excluding hydrogens is 438 g/mol. The van der Waals surface area contributed by atoms with Crippen LogP contribution < -0.4 is 10.1 Å². The molecule has 31 heavy (non-hydrogen) atoms. The van der Waals surface area contributed by atoms with Gasteiger partial charge in [-0.15, -0.1) is 11.3 Å². The van der Waals surface area contributed by atoms with Gasteiger partial charge in [0, 0.05) is 29.6 Å². The minimum absolute atomic E-state index is 0.00567. The van der Waals surface area contributed by atoms with E-state index in [1.807, 2.05) is 25.3 Å². The van der Waals surface area contributed by atoms with Crippen LogP contribution in [0.3, 0.4) is 0 Å². The lowest BCUT2D eigenvalue weighted by atomic mass is 10.2. The number of ether oxygens (including phenoxy) is 1. The van der Waals surface area contributed by atoms with Crippen LogP contribution in [0.1, 0.15) is 34.7 Å². The summed E-state index contributed by atoms with van der Waals surface area (Å²) in [7, 11) is -2.33. The van der Waals surface area contributed by atoms with Gasteiger partial charge in [0.15, 0.2) is 5.13 Å². The second kappa shape index (κ2) is 8.45. The maximum atomic E-state index is 13.0. The number of carbonyl (C=O) groups excluding carboxylic acids is 1. The fourth-order valence-corrected chi connectivity index (χ4v) is 6.00. The Kier molecular flexibility index (Phi) is 5.87. The van der Waals surface area contributed by atoms with Crippen molar-refractivity contribution in [1.82, 2.24) is 9.29 Å². The summed E-state index contributed by atoms with van der Waals surface area (Å²) in [4.78, 5) is 17.3. The molecule has 1 fully saturated rings. The third-order valence-corrected chi connectivity index (χ3v) is 7.83. The predicted molar refractivity (Wildman–Crippen MR) is 118 cm³/mol. The van der Waals surface area contributed by atoms with Crippen molar-refractivity contribution in [2.75, 3.05) is 25.5 Å². The first kappa shape index (κ1) is 21.5. The number of nitrogens with one attached hydrogen (secondary N) is 1. The van der Waals surface area contributed by atoms with E-state index in [0.29, 0.717) is 23.9 Å².